The van der Waals surface area contributed by atoms with Gasteiger partial charge in [0.1, 0.15) is 17.7 Å². The number of carbonyl (C=O) groups is 2. The number of hydrogen-bond donors (Lipinski definition) is 2. The third-order valence-electron chi connectivity index (χ3n) is 4.66. The summed E-state index contributed by atoms with van der Waals surface area (Å²) >= 11 is 0. The van der Waals surface area contributed by atoms with Gasteiger partial charge in [0.25, 0.3) is 5.91 Å². The first-order chi connectivity index (χ1) is 12.5. The molecule has 1 saturated carbocycles. The molecule has 3 rings (SSSR count). The lowest BCUT2D eigenvalue weighted by Gasteiger charge is -2.30. The summed E-state index contributed by atoms with van der Waals surface area (Å²) in [5.74, 6) is -1.29. The second kappa shape index (κ2) is 7.35. The number of halogens is 1. The summed E-state index contributed by atoms with van der Waals surface area (Å²) < 4.78 is 14.6. The van der Waals surface area contributed by atoms with E-state index in [1.165, 1.54) is 30.5 Å². The number of primary amides is 1. The second-order valence-corrected chi connectivity index (χ2v) is 6.38. The first kappa shape index (κ1) is 17.6. The van der Waals surface area contributed by atoms with Crippen molar-refractivity contribution < 1.29 is 14.0 Å². The first-order valence-corrected chi connectivity index (χ1v) is 8.28. The van der Waals surface area contributed by atoms with Crippen molar-refractivity contribution in [2.24, 2.45) is 17.6 Å². The monoisotopic (exact) mass is 355 g/mol. The molecule has 1 aromatic heterocycles. The van der Waals surface area contributed by atoms with Crippen LogP contribution >= 0.6 is 0 Å². The van der Waals surface area contributed by atoms with Gasteiger partial charge in [-0.05, 0) is 43.5 Å². The Bertz CT molecular complexity index is 855. The summed E-state index contributed by atoms with van der Waals surface area (Å²) in [6.45, 7) is 0. The molecule has 2 aromatic rings. The van der Waals surface area contributed by atoms with Gasteiger partial charge in [-0.15, -0.1) is 0 Å². The molecule has 1 aliphatic rings. The lowest BCUT2D eigenvalue weighted by Crippen LogP contribution is -2.27. The second-order valence-electron chi connectivity index (χ2n) is 6.38. The summed E-state index contributed by atoms with van der Waals surface area (Å²) in [5, 5.41) is 16.8. The summed E-state index contributed by atoms with van der Waals surface area (Å²) in [6.07, 6.45) is 4.15. The van der Waals surface area contributed by atoms with Crippen molar-refractivity contribution in [1.82, 2.24) is 9.78 Å². The molecule has 8 heteroatoms. The predicted molar refractivity (Wildman–Crippen MR) is 92.0 cm³/mol. The Hall–Kier alpha value is -3.21. The maximum absolute atomic E-state index is 13.0. The standard InChI is InChI=1S/C18H18FN5O2/c19-13-2-4-14(5-3-13)22-18-15(17(21)26)9-24(23-18)16-6-1-11(10-25)7-12(16)8-20/h2-5,9-12,16H,1,6-7H2,(H2,21,26)(H,22,23). The number of rotatable bonds is 5. The van der Waals surface area contributed by atoms with Gasteiger partial charge in [0, 0.05) is 17.8 Å². The molecule has 134 valence electrons. The van der Waals surface area contributed by atoms with E-state index in [-0.39, 0.29) is 35.1 Å². The molecule has 7 nitrogen and oxygen atoms in total. The van der Waals surface area contributed by atoms with Crippen molar-refractivity contribution in [3.05, 3.63) is 41.8 Å². The van der Waals surface area contributed by atoms with Crippen LogP contribution in [0.5, 0.6) is 0 Å². The maximum Gasteiger partial charge on any atom is 0.254 e. The van der Waals surface area contributed by atoms with Crippen LogP contribution in [0.4, 0.5) is 15.9 Å². The highest BCUT2D eigenvalue weighted by Crippen LogP contribution is 2.36. The van der Waals surface area contributed by atoms with E-state index in [0.29, 0.717) is 24.9 Å². The van der Waals surface area contributed by atoms with Gasteiger partial charge in [-0.3, -0.25) is 9.48 Å². The van der Waals surface area contributed by atoms with E-state index in [1.54, 1.807) is 4.68 Å². The van der Waals surface area contributed by atoms with E-state index in [9.17, 15) is 19.2 Å². The normalized spacial score (nSPS) is 22.4. The van der Waals surface area contributed by atoms with E-state index < -0.39 is 5.91 Å². The molecule has 26 heavy (non-hydrogen) atoms. The van der Waals surface area contributed by atoms with Crippen molar-refractivity contribution >= 4 is 23.7 Å². The molecule has 0 bridgehead atoms. The molecule has 1 aliphatic carbocycles. The number of nitrogens with zero attached hydrogens (tertiary/aromatic N) is 3. The summed E-state index contributed by atoms with van der Waals surface area (Å²) in [4.78, 5) is 22.8. The Morgan fingerprint density at radius 2 is 2.12 bits per heavy atom. The van der Waals surface area contributed by atoms with Gasteiger partial charge in [0.05, 0.1) is 18.0 Å². The van der Waals surface area contributed by atoms with Crippen LogP contribution in [0.2, 0.25) is 0 Å². The van der Waals surface area contributed by atoms with Gasteiger partial charge < -0.3 is 15.8 Å². The molecule has 1 amide bonds. The third-order valence-corrected chi connectivity index (χ3v) is 4.66. The van der Waals surface area contributed by atoms with Crippen LogP contribution in [0.3, 0.4) is 0 Å². The summed E-state index contributed by atoms with van der Waals surface area (Å²) in [5.41, 5.74) is 6.18. The number of nitrogens with one attached hydrogen (secondary N) is 1. The third kappa shape index (κ3) is 3.57. The minimum Gasteiger partial charge on any atom is -0.365 e. The number of nitrogens with two attached hydrogens (primary N) is 1. The molecule has 1 aromatic carbocycles. The van der Waals surface area contributed by atoms with Crippen molar-refractivity contribution in [1.29, 1.82) is 5.26 Å². The largest absolute Gasteiger partial charge is 0.365 e. The highest BCUT2D eigenvalue weighted by Gasteiger charge is 2.33. The highest BCUT2D eigenvalue weighted by molar-refractivity contribution is 5.98. The number of amides is 1. The number of carbonyl (C=O) groups excluding carboxylic acids is 2. The van der Waals surface area contributed by atoms with Crippen LogP contribution in [0.1, 0.15) is 35.7 Å². The number of hydrogen-bond acceptors (Lipinski definition) is 5. The maximum atomic E-state index is 13.0. The molecule has 1 fully saturated rings. The van der Waals surface area contributed by atoms with Gasteiger partial charge in [-0.1, -0.05) is 0 Å². The minimum atomic E-state index is -0.657. The van der Waals surface area contributed by atoms with Crippen LogP contribution in [0.15, 0.2) is 30.5 Å². The zero-order valence-corrected chi connectivity index (χ0v) is 13.9. The van der Waals surface area contributed by atoms with Gasteiger partial charge in [-0.25, -0.2) is 4.39 Å². The zero-order chi connectivity index (χ0) is 18.7. The summed E-state index contributed by atoms with van der Waals surface area (Å²) in [7, 11) is 0. The molecule has 0 radical (unpaired) electrons. The number of nitriles is 1. The highest BCUT2D eigenvalue weighted by atomic mass is 19.1. The Labute approximate surface area is 149 Å². The SMILES string of the molecule is N#CC1CC(C=O)CCC1n1cc(C(N)=O)c(Nc2ccc(F)cc2)n1. The Morgan fingerprint density at radius 3 is 2.73 bits per heavy atom. The molecule has 3 N–H and O–H groups in total. The number of benzene rings is 1. The Balaban J connectivity index is 1.89. The van der Waals surface area contributed by atoms with Crippen LogP contribution in [0, 0.1) is 29.0 Å². The van der Waals surface area contributed by atoms with Gasteiger partial charge in [0.2, 0.25) is 0 Å². The van der Waals surface area contributed by atoms with Crippen LogP contribution < -0.4 is 11.1 Å². The molecule has 3 unspecified atom stereocenters. The molecule has 3 atom stereocenters. The van der Waals surface area contributed by atoms with Crippen molar-refractivity contribution in [3.8, 4) is 6.07 Å². The van der Waals surface area contributed by atoms with Gasteiger partial charge >= 0.3 is 0 Å². The summed E-state index contributed by atoms with van der Waals surface area (Å²) in [6, 6.07) is 7.61. The van der Waals surface area contributed by atoms with Crippen LogP contribution in [-0.4, -0.2) is 22.0 Å². The fourth-order valence-electron chi connectivity index (χ4n) is 3.27. The smallest absolute Gasteiger partial charge is 0.254 e. The number of anilines is 2. The van der Waals surface area contributed by atoms with E-state index in [4.69, 9.17) is 5.73 Å². The van der Waals surface area contributed by atoms with E-state index >= 15 is 0 Å². The predicted octanol–water partition coefficient (Wildman–Crippen LogP) is 2.54. The first-order valence-electron chi connectivity index (χ1n) is 8.28. The molecule has 0 saturated heterocycles. The van der Waals surface area contributed by atoms with Crippen LogP contribution in [0.25, 0.3) is 0 Å². The fraction of sp³-hybridized carbons (Fsp3) is 0.333. The molecular weight excluding hydrogens is 337 g/mol. The van der Waals surface area contributed by atoms with E-state index in [1.807, 2.05) is 0 Å². The molecule has 1 heterocycles. The molecule has 0 spiro atoms. The number of aromatic nitrogens is 2. The Kier molecular flexibility index (Phi) is 4.98. The quantitative estimate of drug-likeness (QED) is 0.800. The number of aldehydes is 1. The average Bonchev–Trinajstić information content (AvgIpc) is 3.07. The average molecular weight is 355 g/mol. The van der Waals surface area contributed by atoms with Crippen molar-refractivity contribution in [2.45, 2.75) is 25.3 Å². The molecular formula is C18H18FN5O2. The topological polar surface area (TPSA) is 114 Å². The van der Waals surface area contributed by atoms with Crippen LogP contribution in [-0.2, 0) is 4.79 Å². The minimum absolute atomic E-state index is 0.126. The van der Waals surface area contributed by atoms with Crippen molar-refractivity contribution in [3.63, 3.8) is 0 Å². The van der Waals surface area contributed by atoms with E-state index in [2.05, 4.69) is 16.5 Å². The van der Waals surface area contributed by atoms with E-state index in [0.717, 1.165) is 6.29 Å². The lowest BCUT2D eigenvalue weighted by atomic mass is 9.79. The zero-order valence-electron chi connectivity index (χ0n) is 13.9. The lowest BCUT2D eigenvalue weighted by molar-refractivity contribution is -0.112. The van der Waals surface area contributed by atoms with Gasteiger partial charge in [-0.2, -0.15) is 10.4 Å². The van der Waals surface area contributed by atoms with Gasteiger partial charge in [0.15, 0.2) is 5.82 Å². The Morgan fingerprint density at radius 1 is 1.38 bits per heavy atom. The fourth-order valence-corrected chi connectivity index (χ4v) is 3.27. The molecule has 0 aliphatic heterocycles. The van der Waals surface area contributed by atoms with Crippen molar-refractivity contribution in [2.75, 3.05) is 5.32 Å².